The number of hydrogen-bond donors (Lipinski definition) is 1. The van der Waals surface area contributed by atoms with Gasteiger partial charge in [0.2, 0.25) is 11.8 Å². The monoisotopic (exact) mass is 428 g/mol. The summed E-state index contributed by atoms with van der Waals surface area (Å²) in [6, 6.07) is 17.1. The molecule has 0 spiro atoms. The predicted octanol–water partition coefficient (Wildman–Crippen LogP) is 4.26. The molecule has 0 aromatic heterocycles. The Kier molecular flexibility index (Phi) is 8.78. The van der Waals surface area contributed by atoms with E-state index in [1.165, 1.54) is 5.56 Å². The lowest BCUT2D eigenvalue weighted by atomic mass is 10.1. The quantitative estimate of drug-likeness (QED) is 0.648. The highest BCUT2D eigenvalue weighted by Gasteiger charge is 2.28. The molecule has 162 valence electrons. The summed E-state index contributed by atoms with van der Waals surface area (Å²) in [7, 11) is 1.61. The predicted molar refractivity (Wildman–Crippen MR) is 124 cm³/mol. The van der Waals surface area contributed by atoms with Crippen LogP contribution in [0.4, 0.5) is 0 Å². The van der Waals surface area contributed by atoms with E-state index in [1.54, 1.807) is 30.7 Å². The second-order valence-electron chi connectivity index (χ2n) is 8.27. The minimum Gasteiger partial charge on any atom is -0.497 e. The van der Waals surface area contributed by atoms with Crippen LogP contribution in [0.3, 0.4) is 0 Å². The van der Waals surface area contributed by atoms with Gasteiger partial charge in [0.1, 0.15) is 11.8 Å². The van der Waals surface area contributed by atoms with E-state index in [1.807, 2.05) is 75.4 Å². The molecular weight excluding hydrogens is 396 g/mol. The molecule has 0 radical (unpaired) electrons. The topological polar surface area (TPSA) is 58.6 Å². The molecule has 1 N–H and O–H groups in total. The van der Waals surface area contributed by atoms with Crippen LogP contribution in [0.25, 0.3) is 0 Å². The lowest BCUT2D eigenvalue weighted by Crippen LogP contribution is -2.52. The van der Waals surface area contributed by atoms with E-state index >= 15 is 0 Å². The Morgan fingerprint density at radius 3 is 2.37 bits per heavy atom. The number of amides is 2. The lowest BCUT2D eigenvalue weighted by molar-refractivity contribution is -0.139. The Morgan fingerprint density at radius 2 is 1.73 bits per heavy atom. The molecule has 2 aromatic carbocycles. The molecule has 0 aliphatic heterocycles. The highest BCUT2D eigenvalue weighted by Crippen LogP contribution is 2.19. The first-order valence-electron chi connectivity index (χ1n) is 10.1. The van der Waals surface area contributed by atoms with Crippen molar-refractivity contribution in [2.24, 2.45) is 0 Å². The minimum atomic E-state index is -0.583. The van der Waals surface area contributed by atoms with E-state index in [0.29, 0.717) is 12.3 Å². The van der Waals surface area contributed by atoms with Crippen LogP contribution < -0.4 is 10.1 Å². The molecule has 0 saturated heterocycles. The fraction of sp³-hybridized carbons (Fsp3) is 0.417. The number of rotatable bonds is 9. The van der Waals surface area contributed by atoms with E-state index in [9.17, 15) is 9.59 Å². The first kappa shape index (κ1) is 23.8. The van der Waals surface area contributed by atoms with Crippen LogP contribution in [0.1, 0.15) is 38.8 Å². The van der Waals surface area contributed by atoms with Crippen LogP contribution in [0, 0.1) is 0 Å². The van der Waals surface area contributed by atoms with Crippen LogP contribution in [-0.2, 0) is 21.9 Å². The molecule has 0 aliphatic carbocycles. The zero-order chi connectivity index (χ0) is 22.1. The maximum Gasteiger partial charge on any atom is 0.242 e. The van der Waals surface area contributed by atoms with Crippen LogP contribution in [0.15, 0.2) is 54.6 Å². The van der Waals surface area contributed by atoms with Gasteiger partial charge in [0, 0.05) is 17.8 Å². The Hall–Kier alpha value is -2.47. The van der Waals surface area contributed by atoms with E-state index in [-0.39, 0.29) is 17.4 Å². The molecule has 2 aromatic rings. The summed E-state index contributed by atoms with van der Waals surface area (Å²) < 4.78 is 5.30. The lowest BCUT2D eigenvalue weighted by Gasteiger charge is -2.31. The summed E-state index contributed by atoms with van der Waals surface area (Å²) in [5.74, 6) is 1.57. The van der Waals surface area contributed by atoms with Crippen LogP contribution in [0.2, 0.25) is 0 Å². The van der Waals surface area contributed by atoms with Crippen LogP contribution >= 0.6 is 11.8 Å². The average Bonchev–Trinajstić information content (AvgIpc) is 2.71. The molecule has 2 rings (SSSR count). The summed E-state index contributed by atoms with van der Waals surface area (Å²) in [5.41, 5.74) is 1.73. The summed E-state index contributed by atoms with van der Waals surface area (Å²) in [6.45, 7) is 7.92. The van der Waals surface area contributed by atoms with E-state index in [4.69, 9.17) is 4.74 Å². The first-order chi connectivity index (χ1) is 14.2. The maximum absolute atomic E-state index is 13.1. The van der Waals surface area contributed by atoms with Crippen molar-refractivity contribution < 1.29 is 14.3 Å². The van der Waals surface area contributed by atoms with Crippen molar-refractivity contribution >= 4 is 23.6 Å². The summed E-state index contributed by atoms with van der Waals surface area (Å²) in [6.07, 6.45) is 0. The van der Waals surface area contributed by atoms with Gasteiger partial charge in [-0.2, -0.15) is 0 Å². The Bertz CT molecular complexity index is 834. The standard InChI is InChI=1S/C24H32N2O3S/c1-18(23(28)25-24(2,3)4)26(15-20-12-9-13-21(14-20)29-5)22(27)17-30-16-19-10-7-6-8-11-19/h6-14,18H,15-17H2,1-5H3,(H,25,28)/t18-/m0/s1. The van der Waals surface area contributed by atoms with Gasteiger partial charge >= 0.3 is 0 Å². The zero-order valence-corrected chi connectivity index (χ0v) is 19.3. The molecule has 30 heavy (non-hydrogen) atoms. The third-order valence-electron chi connectivity index (χ3n) is 4.49. The molecule has 0 unspecified atom stereocenters. The number of ether oxygens (including phenoxy) is 1. The largest absolute Gasteiger partial charge is 0.497 e. The molecule has 0 aliphatic rings. The number of thioether (sulfide) groups is 1. The van der Waals surface area contributed by atoms with Gasteiger partial charge in [-0.1, -0.05) is 42.5 Å². The number of carbonyl (C=O) groups excluding carboxylic acids is 2. The van der Waals surface area contributed by atoms with Crippen molar-refractivity contribution in [2.75, 3.05) is 12.9 Å². The smallest absolute Gasteiger partial charge is 0.242 e. The maximum atomic E-state index is 13.1. The molecule has 0 heterocycles. The van der Waals surface area contributed by atoms with E-state index < -0.39 is 6.04 Å². The van der Waals surface area contributed by atoms with Gasteiger partial charge in [0.25, 0.3) is 0 Å². The number of carbonyl (C=O) groups is 2. The van der Waals surface area contributed by atoms with Crippen LogP contribution in [0.5, 0.6) is 5.75 Å². The molecule has 0 fully saturated rings. The number of methoxy groups -OCH3 is 1. The summed E-state index contributed by atoms with van der Waals surface area (Å²) in [5, 5.41) is 2.98. The van der Waals surface area contributed by atoms with E-state index in [2.05, 4.69) is 5.32 Å². The molecule has 0 bridgehead atoms. The van der Waals surface area contributed by atoms with Crippen LogP contribution in [-0.4, -0.2) is 41.2 Å². The van der Waals surface area contributed by atoms with Gasteiger partial charge in [-0.15, -0.1) is 11.8 Å². The molecule has 0 saturated carbocycles. The van der Waals surface area contributed by atoms with Gasteiger partial charge in [-0.25, -0.2) is 0 Å². The van der Waals surface area contributed by atoms with Crippen molar-refractivity contribution in [1.82, 2.24) is 10.2 Å². The third kappa shape index (κ3) is 7.75. The summed E-state index contributed by atoms with van der Waals surface area (Å²) in [4.78, 5) is 27.5. The molecule has 6 heteroatoms. The van der Waals surface area contributed by atoms with Gasteiger partial charge < -0.3 is 15.0 Å². The molecule has 5 nitrogen and oxygen atoms in total. The second-order valence-corrected chi connectivity index (χ2v) is 9.25. The van der Waals surface area contributed by atoms with Gasteiger partial charge in [-0.3, -0.25) is 9.59 Å². The number of benzene rings is 2. The van der Waals surface area contributed by atoms with Crippen molar-refractivity contribution in [2.45, 2.75) is 51.6 Å². The van der Waals surface area contributed by atoms with Gasteiger partial charge in [0.15, 0.2) is 0 Å². The van der Waals surface area contributed by atoms with Crippen molar-refractivity contribution in [3.05, 3.63) is 65.7 Å². The highest BCUT2D eigenvalue weighted by molar-refractivity contribution is 7.99. The molecular formula is C24H32N2O3S. The normalized spacial score (nSPS) is 12.2. The third-order valence-corrected chi connectivity index (χ3v) is 5.48. The second kappa shape index (κ2) is 11.1. The fourth-order valence-corrected chi connectivity index (χ4v) is 3.81. The van der Waals surface area contributed by atoms with Crippen molar-refractivity contribution in [1.29, 1.82) is 0 Å². The van der Waals surface area contributed by atoms with Crippen molar-refractivity contribution in [3.63, 3.8) is 0 Å². The summed E-state index contributed by atoms with van der Waals surface area (Å²) >= 11 is 1.56. The first-order valence-corrected chi connectivity index (χ1v) is 11.2. The molecule has 2 amide bonds. The average molecular weight is 429 g/mol. The number of nitrogens with zero attached hydrogens (tertiary/aromatic N) is 1. The Balaban J connectivity index is 2.12. The fourth-order valence-electron chi connectivity index (χ4n) is 2.94. The highest BCUT2D eigenvalue weighted by atomic mass is 32.2. The molecule has 1 atom stereocenters. The SMILES string of the molecule is COc1cccc(CN(C(=O)CSCc2ccccc2)[C@@H](C)C(=O)NC(C)(C)C)c1. The Labute approximate surface area is 184 Å². The Morgan fingerprint density at radius 1 is 1.07 bits per heavy atom. The number of nitrogens with one attached hydrogen (secondary N) is 1. The minimum absolute atomic E-state index is 0.0599. The van der Waals surface area contributed by atoms with Gasteiger partial charge in [-0.05, 0) is 51.0 Å². The zero-order valence-electron chi connectivity index (χ0n) is 18.5. The van der Waals surface area contributed by atoms with Crippen molar-refractivity contribution in [3.8, 4) is 5.75 Å². The number of hydrogen-bond acceptors (Lipinski definition) is 4. The van der Waals surface area contributed by atoms with E-state index in [0.717, 1.165) is 17.1 Å². The van der Waals surface area contributed by atoms with Gasteiger partial charge in [0.05, 0.1) is 12.9 Å².